The van der Waals surface area contributed by atoms with Gasteiger partial charge in [-0.25, -0.2) is 4.39 Å². The van der Waals surface area contributed by atoms with E-state index in [-0.39, 0.29) is 5.82 Å². The summed E-state index contributed by atoms with van der Waals surface area (Å²) in [5, 5.41) is 7.51. The lowest BCUT2D eigenvalue weighted by Crippen LogP contribution is -2.05. The van der Waals surface area contributed by atoms with Crippen molar-refractivity contribution in [3.8, 4) is 0 Å². The summed E-state index contributed by atoms with van der Waals surface area (Å²) in [4.78, 5) is 0. The third-order valence-corrected chi connectivity index (χ3v) is 3.32. The Morgan fingerprint density at radius 2 is 2.00 bits per heavy atom. The molecule has 0 fully saturated rings. The molecule has 18 heavy (non-hydrogen) atoms. The van der Waals surface area contributed by atoms with Gasteiger partial charge in [-0.2, -0.15) is 5.10 Å². The van der Waals surface area contributed by atoms with E-state index < -0.39 is 0 Å². The fraction of sp³-hybridized carbons (Fsp3) is 0.357. The number of benzene rings is 1. The molecule has 96 valence electrons. The molecular weight excluding hydrogens is 229 g/mol. The van der Waals surface area contributed by atoms with Crippen LogP contribution in [0.4, 0.5) is 10.1 Å². The highest BCUT2D eigenvalue weighted by molar-refractivity contribution is 5.52. The highest BCUT2D eigenvalue weighted by Gasteiger charge is 2.10. The highest BCUT2D eigenvalue weighted by Crippen LogP contribution is 2.21. The normalized spacial score (nSPS) is 10.7. The SMILES string of the molecule is Cc1cccc(F)c1NCc1c(C)nn(C)c1C. The lowest BCUT2D eigenvalue weighted by atomic mass is 10.1. The Hall–Kier alpha value is -1.84. The van der Waals surface area contributed by atoms with Crippen LogP contribution in [0.1, 0.15) is 22.5 Å². The lowest BCUT2D eigenvalue weighted by Gasteiger charge is -2.10. The minimum absolute atomic E-state index is 0.214. The number of halogens is 1. The van der Waals surface area contributed by atoms with Gasteiger partial charge in [-0.05, 0) is 32.4 Å². The second-order valence-corrected chi connectivity index (χ2v) is 4.56. The Kier molecular flexibility index (Phi) is 3.36. The minimum atomic E-state index is -0.214. The molecule has 1 N–H and O–H groups in total. The van der Waals surface area contributed by atoms with E-state index in [0.717, 1.165) is 22.5 Å². The van der Waals surface area contributed by atoms with Crippen LogP contribution in [0, 0.1) is 26.6 Å². The number of anilines is 1. The molecule has 0 saturated heterocycles. The number of hydrogen-bond acceptors (Lipinski definition) is 2. The second-order valence-electron chi connectivity index (χ2n) is 4.56. The van der Waals surface area contributed by atoms with E-state index in [2.05, 4.69) is 10.4 Å². The Morgan fingerprint density at radius 1 is 1.28 bits per heavy atom. The topological polar surface area (TPSA) is 29.9 Å². The van der Waals surface area contributed by atoms with Crippen molar-refractivity contribution < 1.29 is 4.39 Å². The van der Waals surface area contributed by atoms with Crippen molar-refractivity contribution in [2.45, 2.75) is 27.3 Å². The van der Waals surface area contributed by atoms with Crippen LogP contribution in [0.5, 0.6) is 0 Å². The molecule has 1 aromatic carbocycles. The van der Waals surface area contributed by atoms with E-state index in [9.17, 15) is 4.39 Å². The third kappa shape index (κ3) is 2.23. The molecule has 0 saturated carbocycles. The maximum atomic E-state index is 13.7. The molecule has 1 heterocycles. The number of nitrogens with one attached hydrogen (secondary N) is 1. The monoisotopic (exact) mass is 247 g/mol. The van der Waals surface area contributed by atoms with E-state index in [4.69, 9.17) is 0 Å². The number of para-hydroxylation sites is 1. The molecule has 0 radical (unpaired) electrons. The van der Waals surface area contributed by atoms with Gasteiger partial charge in [0.2, 0.25) is 0 Å². The van der Waals surface area contributed by atoms with Crippen LogP contribution in [0.15, 0.2) is 18.2 Å². The Morgan fingerprint density at radius 3 is 2.56 bits per heavy atom. The van der Waals surface area contributed by atoms with Crippen LogP contribution in [0.2, 0.25) is 0 Å². The maximum Gasteiger partial charge on any atom is 0.146 e. The number of aromatic nitrogens is 2. The van der Waals surface area contributed by atoms with Crippen molar-refractivity contribution in [2.75, 3.05) is 5.32 Å². The van der Waals surface area contributed by atoms with Gasteiger partial charge in [-0.3, -0.25) is 4.68 Å². The fourth-order valence-electron chi connectivity index (χ4n) is 2.11. The summed E-state index contributed by atoms with van der Waals surface area (Å²) in [6.07, 6.45) is 0. The van der Waals surface area contributed by atoms with Gasteiger partial charge in [0.1, 0.15) is 5.82 Å². The van der Waals surface area contributed by atoms with Gasteiger partial charge in [0.05, 0.1) is 11.4 Å². The summed E-state index contributed by atoms with van der Waals surface area (Å²) < 4.78 is 15.5. The van der Waals surface area contributed by atoms with Gasteiger partial charge in [-0.15, -0.1) is 0 Å². The zero-order valence-electron chi connectivity index (χ0n) is 11.2. The fourth-order valence-corrected chi connectivity index (χ4v) is 2.11. The summed E-state index contributed by atoms with van der Waals surface area (Å²) in [7, 11) is 1.92. The Bertz CT molecular complexity index is 552. The molecular formula is C14H18FN3. The van der Waals surface area contributed by atoms with Gasteiger partial charge in [0.15, 0.2) is 0 Å². The molecule has 4 heteroatoms. The summed E-state index contributed by atoms with van der Waals surface area (Å²) >= 11 is 0. The van der Waals surface area contributed by atoms with Crippen LogP contribution in [0.25, 0.3) is 0 Å². The zero-order valence-corrected chi connectivity index (χ0v) is 11.2. The van der Waals surface area contributed by atoms with Gasteiger partial charge < -0.3 is 5.32 Å². The predicted molar refractivity (Wildman–Crippen MR) is 71.1 cm³/mol. The summed E-state index contributed by atoms with van der Waals surface area (Å²) in [5.74, 6) is -0.214. The smallest absolute Gasteiger partial charge is 0.146 e. The van der Waals surface area contributed by atoms with Crippen LogP contribution in [-0.4, -0.2) is 9.78 Å². The predicted octanol–water partition coefficient (Wildman–Crippen LogP) is 3.10. The summed E-state index contributed by atoms with van der Waals surface area (Å²) in [5.41, 5.74) is 4.69. The maximum absolute atomic E-state index is 13.7. The van der Waals surface area contributed by atoms with Gasteiger partial charge >= 0.3 is 0 Å². The van der Waals surface area contributed by atoms with Crippen molar-refractivity contribution in [1.29, 1.82) is 0 Å². The van der Waals surface area contributed by atoms with Gasteiger partial charge in [0.25, 0.3) is 0 Å². The molecule has 2 aromatic rings. The first-order valence-corrected chi connectivity index (χ1v) is 5.98. The highest BCUT2D eigenvalue weighted by atomic mass is 19.1. The molecule has 3 nitrogen and oxygen atoms in total. The third-order valence-electron chi connectivity index (χ3n) is 3.32. The van der Waals surface area contributed by atoms with E-state index in [0.29, 0.717) is 12.2 Å². The molecule has 0 bridgehead atoms. The first kappa shape index (κ1) is 12.6. The molecule has 0 aliphatic carbocycles. The minimum Gasteiger partial charge on any atom is -0.378 e. The van der Waals surface area contributed by atoms with E-state index >= 15 is 0 Å². The molecule has 0 unspecified atom stereocenters. The number of aryl methyl sites for hydroxylation is 3. The standard InChI is InChI=1S/C14H18FN3/c1-9-6-5-7-13(15)14(9)16-8-12-10(2)17-18(4)11(12)3/h5-7,16H,8H2,1-4H3. The van der Waals surface area contributed by atoms with Crippen molar-refractivity contribution >= 4 is 5.69 Å². The average molecular weight is 247 g/mol. The Balaban J connectivity index is 2.22. The second kappa shape index (κ2) is 4.80. The molecule has 1 aromatic heterocycles. The number of hydrogen-bond donors (Lipinski definition) is 1. The zero-order chi connectivity index (χ0) is 13.3. The van der Waals surface area contributed by atoms with Gasteiger partial charge in [-0.1, -0.05) is 12.1 Å². The largest absolute Gasteiger partial charge is 0.378 e. The van der Waals surface area contributed by atoms with Crippen molar-refractivity contribution in [2.24, 2.45) is 7.05 Å². The average Bonchev–Trinajstić information content (AvgIpc) is 2.54. The molecule has 0 aliphatic rings. The Labute approximate surface area is 107 Å². The van der Waals surface area contributed by atoms with Crippen molar-refractivity contribution in [3.05, 3.63) is 46.5 Å². The van der Waals surface area contributed by atoms with E-state index in [1.54, 1.807) is 6.07 Å². The van der Waals surface area contributed by atoms with Gasteiger partial charge in [0, 0.05) is 24.8 Å². The molecule has 0 aliphatic heterocycles. The molecule has 0 atom stereocenters. The lowest BCUT2D eigenvalue weighted by molar-refractivity contribution is 0.629. The van der Waals surface area contributed by atoms with Crippen molar-refractivity contribution in [3.63, 3.8) is 0 Å². The van der Waals surface area contributed by atoms with Crippen LogP contribution in [-0.2, 0) is 13.6 Å². The number of nitrogens with zero attached hydrogens (tertiary/aromatic N) is 2. The first-order valence-electron chi connectivity index (χ1n) is 5.98. The van der Waals surface area contributed by atoms with Crippen LogP contribution in [0.3, 0.4) is 0 Å². The molecule has 2 rings (SSSR count). The van der Waals surface area contributed by atoms with E-state index in [1.165, 1.54) is 6.07 Å². The molecule has 0 amide bonds. The molecule has 0 spiro atoms. The summed E-state index contributed by atoms with van der Waals surface area (Å²) in [6.45, 7) is 6.48. The van der Waals surface area contributed by atoms with Crippen LogP contribution < -0.4 is 5.32 Å². The van der Waals surface area contributed by atoms with E-state index in [1.807, 2.05) is 38.6 Å². The van der Waals surface area contributed by atoms with Crippen LogP contribution >= 0.6 is 0 Å². The number of rotatable bonds is 3. The quantitative estimate of drug-likeness (QED) is 0.903. The summed E-state index contributed by atoms with van der Waals surface area (Å²) in [6, 6.07) is 5.09. The first-order chi connectivity index (χ1) is 8.50. The van der Waals surface area contributed by atoms with Crippen molar-refractivity contribution in [1.82, 2.24) is 9.78 Å².